The van der Waals surface area contributed by atoms with Gasteiger partial charge in [0, 0.05) is 11.4 Å². The zero-order valence-corrected chi connectivity index (χ0v) is 15.0. The first kappa shape index (κ1) is 18.9. The molecule has 0 N–H and O–H groups in total. The highest BCUT2D eigenvalue weighted by molar-refractivity contribution is 6.30. The Morgan fingerprint density at radius 2 is 2.12 bits per heavy atom. The molecule has 24 heavy (non-hydrogen) atoms. The third-order valence-corrected chi connectivity index (χ3v) is 3.77. The van der Waals surface area contributed by atoms with Crippen molar-refractivity contribution < 1.29 is 23.7 Å². The van der Waals surface area contributed by atoms with E-state index in [1.54, 1.807) is 6.07 Å². The second-order valence-corrected chi connectivity index (χ2v) is 6.81. The maximum absolute atomic E-state index is 11.6. The third kappa shape index (κ3) is 6.97. The van der Waals surface area contributed by atoms with Crippen LogP contribution in [0.4, 0.5) is 4.79 Å². The van der Waals surface area contributed by atoms with Crippen molar-refractivity contribution in [1.29, 1.82) is 0 Å². The van der Waals surface area contributed by atoms with Crippen LogP contribution in [-0.2, 0) is 14.2 Å². The van der Waals surface area contributed by atoms with Crippen molar-refractivity contribution in [1.82, 2.24) is 0 Å². The van der Waals surface area contributed by atoms with Gasteiger partial charge in [0.2, 0.25) is 5.79 Å². The number of hydrogen-bond acceptors (Lipinski definition) is 5. The first-order valence-electron chi connectivity index (χ1n) is 8.37. The number of halogens is 1. The molecule has 1 saturated heterocycles. The molecule has 0 bridgehead atoms. The first-order valence-corrected chi connectivity index (χ1v) is 8.75. The highest BCUT2D eigenvalue weighted by Crippen LogP contribution is 2.34. The quantitative estimate of drug-likeness (QED) is 0.342. The van der Waals surface area contributed by atoms with Gasteiger partial charge in [-0.2, -0.15) is 0 Å². The summed E-state index contributed by atoms with van der Waals surface area (Å²) in [6.07, 6.45) is 2.82. The van der Waals surface area contributed by atoms with Gasteiger partial charge in [-0.05, 0) is 43.4 Å². The molecule has 1 aromatic carbocycles. The number of benzene rings is 1. The summed E-state index contributed by atoms with van der Waals surface area (Å²) in [4.78, 5) is 11.6. The summed E-state index contributed by atoms with van der Waals surface area (Å²) in [5.74, 6) is 0.302. The van der Waals surface area contributed by atoms with Gasteiger partial charge in [-0.15, -0.1) is 0 Å². The van der Waals surface area contributed by atoms with Crippen LogP contribution in [0.15, 0.2) is 24.3 Å². The second kappa shape index (κ2) is 9.14. The van der Waals surface area contributed by atoms with Crippen LogP contribution in [0.3, 0.4) is 0 Å². The van der Waals surface area contributed by atoms with E-state index in [1.807, 2.05) is 32.0 Å². The minimum Gasteiger partial charge on any atom is -0.494 e. The van der Waals surface area contributed by atoms with Crippen molar-refractivity contribution in [3.05, 3.63) is 29.3 Å². The minimum atomic E-state index is -0.762. The molecule has 0 spiro atoms. The Morgan fingerprint density at radius 3 is 2.79 bits per heavy atom. The monoisotopic (exact) mass is 356 g/mol. The molecule has 1 aliphatic rings. The number of epoxide rings is 1. The summed E-state index contributed by atoms with van der Waals surface area (Å²) < 4.78 is 21.2. The number of ether oxygens (including phenoxy) is 4. The van der Waals surface area contributed by atoms with Crippen molar-refractivity contribution in [3.8, 4) is 5.75 Å². The van der Waals surface area contributed by atoms with Crippen LogP contribution in [0, 0.1) is 5.92 Å². The minimum absolute atomic E-state index is 0.285. The fourth-order valence-corrected chi connectivity index (χ4v) is 2.35. The van der Waals surface area contributed by atoms with E-state index >= 15 is 0 Å². The van der Waals surface area contributed by atoms with Gasteiger partial charge in [0.1, 0.15) is 12.4 Å². The van der Waals surface area contributed by atoms with Gasteiger partial charge in [0.05, 0.1) is 13.2 Å². The van der Waals surface area contributed by atoms with Gasteiger partial charge < -0.3 is 18.9 Å². The number of carbonyl (C=O) groups excluding carboxylic acids is 1. The van der Waals surface area contributed by atoms with E-state index in [1.165, 1.54) is 0 Å². The fraction of sp³-hybridized carbons (Fsp3) is 0.611. The van der Waals surface area contributed by atoms with Gasteiger partial charge >= 0.3 is 6.16 Å². The molecule has 0 amide bonds. The zero-order valence-electron chi connectivity index (χ0n) is 14.3. The Balaban J connectivity index is 1.54. The average molecular weight is 357 g/mol. The van der Waals surface area contributed by atoms with Crippen LogP contribution in [0.1, 0.15) is 39.5 Å². The van der Waals surface area contributed by atoms with Gasteiger partial charge in [-0.3, -0.25) is 0 Å². The topological polar surface area (TPSA) is 57.3 Å². The number of hydrogen-bond donors (Lipinski definition) is 0. The maximum Gasteiger partial charge on any atom is 0.510 e. The average Bonchev–Trinajstić information content (AvgIpc) is 3.28. The largest absolute Gasteiger partial charge is 0.510 e. The molecule has 1 aromatic rings. The summed E-state index contributed by atoms with van der Waals surface area (Å²) in [7, 11) is 0. The molecule has 1 atom stereocenters. The molecule has 0 aromatic heterocycles. The molecular weight excluding hydrogens is 332 g/mol. The smallest absolute Gasteiger partial charge is 0.494 e. The molecule has 1 fully saturated rings. The highest BCUT2D eigenvalue weighted by atomic mass is 35.5. The van der Waals surface area contributed by atoms with Crippen molar-refractivity contribution >= 4 is 17.8 Å². The number of unbranched alkanes of at least 4 members (excludes halogenated alkanes) is 2. The Labute approximate surface area is 148 Å². The van der Waals surface area contributed by atoms with Gasteiger partial charge in [0.25, 0.3) is 0 Å². The molecule has 0 aliphatic carbocycles. The molecule has 1 unspecified atom stereocenters. The molecule has 1 heterocycles. The lowest BCUT2D eigenvalue weighted by atomic mass is 10.1. The summed E-state index contributed by atoms with van der Waals surface area (Å²) in [6.45, 7) is 5.38. The molecule has 1 aliphatic heterocycles. The van der Waals surface area contributed by atoms with Crippen LogP contribution >= 0.6 is 11.6 Å². The lowest BCUT2D eigenvalue weighted by molar-refractivity contribution is -0.0425. The van der Waals surface area contributed by atoms with E-state index in [0.717, 1.165) is 25.0 Å². The zero-order chi connectivity index (χ0) is 17.4. The van der Waals surface area contributed by atoms with Gasteiger partial charge in [-0.1, -0.05) is 31.5 Å². The van der Waals surface area contributed by atoms with Crippen LogP contribution < -0.4 is 4.74 Å². The van der Waals surface area contributed by atoms with Crippen molar-refractivity contribution in [3.63, 3.8) is 0 Å². The molecule has 6 heteroatoms. The maximum atomic E-state index is 11.6. The van der Waals surface area contributed by atoms with Crippen LogP contribution in [0.5, 0.6) is 5.75 Å². The number of carbonyl (C=O) groups is 1. The Hall–Kier alpha value is -1.46. The predicted octanol–water partition coefficient (Wildman–Crippen LogP) is 4.81. The van der Waals surface area contributed by atoms with E-state index < -0.39 is 11.9 Å². The molecule has 5 nitrogen and oxygen atoms in total. The lowest BCUT2D eigenvalue weighted by Gasteiger charge is -2.14. The van der Waals surface area contributed by atoms with Gasteiger partial charge in [-0.25, -0.2) is 4.79 Å². The Kier molecular flexibility index (Phi) is 7.18. The Morgan fingerprint density at radius 1 is 1.33 bits per heavy atom. The highest BCUT2D eigenvalue weighted by Gasteiger charge is 2.49. The van der Waals surface area contributed by atoms with E-state index in [9.17, 15) is 4.79 Å². The summed E-state index contributed by atoms with van der Waals surface area (Å²) in [6, 6.07) is 7.36. The van der Waals surface area contributed by atoms with Crippen LogP contribution in [0.2, 0.25) is 5.02 Å². The molecular formula is C18H25ClO5. The van der Waals surface area contributed by atoms with Crippen molar-refractivity contribution in [2.75, 3.05) is 19.8 Å². The van der Waals surface area contributed by atoms with Crippen LogP contribution in [-0.4, -0.2) is 31.8 Å². The summed E-state index contributed by atoms with van der Waals surface area (Å²) in [5.41, 5.74) is 0. The second-order valence-electron chi connectivity index (χ2n) is 6.37. The van der Waals surface area contributed by atoms with E-state index in [2.05, 4.69) is 0 Å². The molecule has 134 valence electrons. The molecule has 0 radical (unpaired) electrons. The number of rotatable bonds is 10. The van der Waals surface area contributed by atoms with E-state index in [0.29, 0.717) is 31.3 Å². The SMILES string of the molecule is CC(C)COC(=O)OC1(CCCCCOc2cccc(Cl)c2)CO1. The third-order valence-electron chi connectivity index (χ3n) is 3.54. The van der Waals surface area contributed by atoms with Gasteiger partial charge in [0.15, 0.2) is 0 Å². The lowest BCUT2D eigenvalue weighted by Crippen LogP contribution is -2.23. The van der Waals surface area contributed by atoms with Crippen molar-refractivity contribution in [2.45, 2.75) is 45.3 Å². The first-order chi connectivity index (χ1) is 11.5. The fourth-order valence-electron chi connectivity index (χ4n) is 2.17. The molecule has 2 rings (SSSR count). The van der Waals surface area contributed by atoms with Crippen LogP contribution in [0.25, 0.3) is 0 Å². The standard InChI is InChI=1S/C18H25ClO5/c1-14(2)12-22-17(20)24-18(13-23-18)9-4-3-5-10-21-16-8-6-7-15(19)11-16/h6-8,11,14H,3-5,9-10,12-13H2,1-2H3. The predicted molar refractivity (Wildman–Crippen MR) is 91.4 cm³/mol. The molecule has 0 saturated carbocycles. The van der Waals surface area contributed by atoms with E-state index in [-0.39, 0.29) is 5.92 Å². The summed E-state index contributed by atoms with van der Waals surface area (Å²) >= 11 is 5.90. The Bertz CT molecular complexity index is 528. The summed E-state index contributed by atoms with van der Waals surface area (Å²) in [5, 5.41) is 0.668. The van der Waals surface area contributed by atoms with Crippen molar-refractivity contribution in [2.24, 2.45) is 5.92 Å². The normalized spacial score (nSPS) is 19.2. The van der Waals surface area contributed by atoms with E-state index in [4.69, 9.17) is 30.5 Å².